The van der Waals surface area contributed by atoms with Crippen molar-refractivity contribution in [2.75, 3.05) is 37.0 Å². The topological polar surface area (TPSA) is 127 Å². The summed E-state index contributed by atoms with van der Waals surface area (Å²) in [6.45, 7) is 1.72. The number of benzene rings is 2. The normalized spacial score (nSPS) is 15.1. The number of amidine groups is 1. The summed E-state index contributed by atoms with van der Waals surface area (Å²) in [6.07, 6.45) is 3.07. The number of carbonyl (C=O) groups excluding carboxylic acids is 1. The molecule has 35 heavy (non-hydrogen) atoms. The molecule has 0 atom stereocenters. The molecule has 0 bridgehead atoms. The summed E-state index contributed by atoms with van der Waals surface area (Å²) in [5.74, 6) is -1.69. The number of hydrogen-bond acceptors (Lipinski definition) is 6. The molecule has 1 aliphatic rings. The number of nitrogens with two attached hydrogens (primary N) is 1. The predicted molar refractivity (Wildman–Crippen MR) is 130 cm³/mol. The zero-order chi connectivity index (χ0) is 25.4. The van der Waals surface area contributed by atoms with E-state index in [0.717, 1.165) is 5.69 Å². The molecule has 1 fully saturated rings. The number of ether oxygens (including phenoxy) is 1. The summed E-state index contributed by atoms with van der Waals surface area (Å²) in [4.78, 5) is 14.0. The highest BCUT2D eigenvalue weighted by molar-refractivity contribution is 6.23. The molecule has 1 saturated heterocycles. The van der Waals surface area contributed by atoms with E-state index in [0.29, 0.717) is 44.6 Å². The summed E-state index contributed by atoms with van der Waals surface area (Å²) in [5, 5.41) is 23.4. The third kappa shape index (κ3) is 6.47. The van der Waals surface area contributed by atoms with Crippen LogP contribution in [0.3, 0.4) is 0 Å². The second-order valence-corrected chi connectivity index (χ2v) is 8.45. The van der Waals surface area contributed by atoms with Gasteiger partial charge in [-0.25, -0.2) is 8.78 Å². The van der Waals surface area contributed by atoms with E-state index < -0.39 is 17.5 Å². The zero-order valence-electron chi connectivity index (χ0n) is 19.4. The van der Waals surface area contributed by atoms with E-state index in [1.165, 1.54) is 43.6 Å². The molecule has 8 nitrogen and oxygen atoms in total. The van der Waals surface area contributed by atoms with Crippen molar-refractivity contribution >= 4 is 23.1 Å². The molecule has 2 aromatic carbocycles. The molecule has 5 N–H and O–H groups in total. The minimum Gasteiger partial charge on any atom is -0.494 e. The maximum Gasteiger partial charge on any atom is 0.253 e. The molecule has 2 aromatic rings. The summed E-state index contributed by atoms with van der Waals surface area (Å²) in [6, 6.07) is 12.4. The van der Waals surface area contributed by atoms with Crippen molar-refractivity contribution in [3.8, 4) is 11.8 Å². The number of piperidine rings is 1. The fourth-order valence-corrected chi connectivity index (χ4v) is 4.05. The summed E-state index contributed by atoms with van der Waals surface area (Å²) in [5.41, 5.74) is 6.33. The van der Waals surface area contributed by atoms with Gasteiger partial charge in [-0.05, 0) is 49.2 Å². The van der Waals surface area contributed by atoms with Crippen LogP contribution in [-0.2, 0) is 4.79 Å². The van der Waals surface area contributed by atoms with Crippen molar-refractivity contribution in [3.63, 3.8) is 0 Å². The van der Waals surface area contributed by atoms with Gasteiger partial charge in [0.15, 0.2) is 11.6 Å². The van der Waals surface area contributed by atoms with Crippen LogP contribution in [0, 0.1) is 33.8 Å². The molecule has 1 amide bonds. The highest BCUT2D eigenvalue weighted by atomic mass is 19.1. The molecule has 0 radical (unpaired) electrons. The van der Waals surface area contributed by atoms with Crippen LogP contribution in [0.1, 0.15) is 19.3 Å². The summed E-state index contributed by atoms with van der Waals surface area (Å²) >= 11 is 0. The molecule has 3 rings (SSSR count). The molecule has 1 heterocycles. The molecule has 0 aromatic heterocycles. The van der Waals surface area contributed by atoms with E-state index in [2.05, 4.69) is 21.6 Å². The molecule has 0 saturated carbocycles. The van der Waals surface area contributed by atoms with Crippen molar-refractivity contribution in [3.05, 3.63) is 65.9 Å². The number of rotatable bonds is 9. The second-order valence-electron chi connectivity index (χ2n) is 8.45. The lowest BCUT2D eigenvalue weighted by molar-refractivity contribution is -0.114. The van der Waals surface area contributed by atoms with E-state index in [-0.39, 0.29) is 22.6 Å². The first kappa shape index (κ1) is 25.5. The fraction of sp³-hybridized carbons (Fsp3) is 0.320. The lowest BCUT2D eigenvalue weighted by atomic mass is 9.76. The molecule has 184 valence electrons. The van der Waals surface area contributed by atoms with Crippen molar-refractivity contribution in [2.24, 2.45) is 11.1 Å². The van der Waals surface area contributed by atoms with Crippen LogP contribution in [0.15, 0.2) is 54.2 Å². The van der Waals surface area contributed by atoms with Crippen molar-refractivity contribution in [2.45, 2.75) is 19.3 Å². The fourth-order valence-electron chi connectivity index (χ4n) is 4.05. The van der Waals surface area contributed by atoms with Crippen LogP contribution in [0.25, 0.3) is 0 Å². The van der Waals surface area contributed by atoms with Gasteiger partial charge < -0.3 is 26.0 Å². The van der Waals surface area contributed by atoms with Crippen molar-refractivity contribution in [1.82, 2.24) is 5.32 Å². The van der Waals surface area contributed by atoms with Gasteiger partial charge in [-0.3, -0.25) is 10.2 Å². The highest BCUT2D eigenvalue weighted by Crippen LogP contribution is 2.37. The number of nitrogens with zero attached hydrogens (tertiary/aromatic N) is 2. The Labute approximate surface area is 202 Å². The summed E-state index contributed by atoms with van der Waals surface area (Å²) in [7, 11) is 1.42. The van der Waals surface area contributed by atoms with E-state index in [9.17, 15) is 18.8 Å². The van der Waals surface area contributed by atoms with Gasteiger partial charge in [-0.2, -0.15) is 5.26 Å². The zero-order valence-corrected chi connectivity index (χ0v) is 19.4. The number of nitrogens with one attached hydrogen (secondary N) is 3. The number of methoxy groups -OCH3 is 1. The molecule has 0 spiro atoms. The van der Waals surface area contributed by atoms with Crippen LogP contribution in [0.4, 0.5) is 20.2 Å². The largest absolute Gasteiger partial charge is 0.494 e. The number of anilines is 2. The molecule has 0 aliphatic carbocycles. The Kier molecular flexibility index (Phi) is 8.25. The number of amides is 1. The Morgan fingerprint density at radius 2 is 1.94 bits per heavy atom. The highest BCUT2D eigenvalue weighted by Gasteiger charge is 2.34. The van der Waals surface area contributed by atoms with Gasteiger partial charge in [0.05, 0.1) is 18.8 Å². The number of halogens is 2. The van der Waals surface area contributed by atoms with Gasteiger partial charge in [-0.15, -0.1) is 0 Å². The molecular weight excluding hydrogens is 454 g/mol. The van der Waals surface area contributed by atoms with Crippen LogP contribution in [-0.4, -0.2) is 38.5 Å². The Hall–Kier alpha value is -4.13. The van der Waals surface area contributed by atoms with E-state index >= 15 is 0 Å². The number of primary amides is 1. The second kappa shape index (κ2) is 11.3. The van der Waals surface area contributed by atoms with Gasteiger partial charge >= 0.3 is 0 Å². The molecule has 1 aliphatic heterocycles. The van der Waals surface area contributed by atoms with Gasteiger partial charge in [0, 0.05) is 55.1 Å². The van der Waals surface area contributed by atoms with Gasteiger partial charge in [-0.1, -0.05) is 0 Å². The van der Waals surface area contributed by atoms with Crippen LogP contribution >= 0.6 is 0 Å². The maximum atomic E-state index is 13.8. The average Bonchev–Trinajstić information content (AvgIpc) is 2.84. The van der Waals surface area contributed by atoms with E-state index in [1.54, 1.807) is 12.1 Å². The quantitative estimate of drug-likeness (QED) is 0.246. The van der Waals surface area contributed by atoms with Gasteiger partial charge in [0.2, 0.25) is 0 Å². The minimum atomic E-state index is -0.800. The standard InChI is InChI=1S/C25H28F2N6O2/c1-35-22-14-19(6-7-21(22)27)33-12-9-25(8-11-28,10-13-33)16-31-15-20(24(30)34)23(29)32-18-4-2-17(26)3-5-18/h2-7,14-15,31H,8-10,12-13,16H2,1H3,(H2,29,32)(H2,30,34)/b20-15+. The predicted octanol–water partition coefficient (Wildman–Crippen LogP) is 3.52. The molecule has 10 heteroatoms. The SMILES string of the molecule is COc1cc(N2CCC(CC#N)(CN/C=C(\C(=N)Nc3ccc(F)cc3)C(N)=O)CC2)ccc1F. The smallest absolute Gasteiger partial charge is 0.253 e. The first-order chi connectivity index (χ1) is 16.8. The maximum absolute atomic E-state index is 13.8. The number of carbonyl (C=O) groups is 1. The van der Waals surface area contributed by atoms with Crippen LogP contribution in [0.5, 0.6) is 5.75 Å². The summed E-state index contributed by atoms with van der Waals surface area (Å²) < 4.78 is 31.9. The number of hydrogen-bond donors (Lipinski definition) is 4. The van der Waals surface area contributed by atoms with Crippen molar-refractivity contribution < 1.29 is 18.3 Å². The van der Waals surface area contributed by atoms with Gasteiger partial charge in [0.25, 0.3) is 5.91 Å². The van der Waals surface area contributed by atoms with Crippen molar-refractivity contribution in [1.29, 1.82) is 10.7 Å². The molecule has 0 unspecified atom stereocenters. The Morgan fingerprint density at radius 3 is 2.54 bits per heavy atom. The van der Waals surface area contributed by atoms with E-state index in [1.807, 2.05) is 0 Å². The van der Waals surface area contributed by atoms with Crippen LogP contribution in [0.2, 0.25) is 0 Å². The Bertz CT molecular complexity index is 1140. The number of nitriles is 1. The monoisotopic (exact) mass is 482 g/mol. The van der Waals surface area contributed by atoms with Gasteiger partial charge in [0.1, 0.15) is 11.7 Å². The Morgan fingerprint density at radius 1 is 1.26 bits per heavy atom. The van der Waals surface area contributed by atoms with Crippen LogP contribution < -0.4 is 26.0 Å². The lowest BCUT2D eigenvalue weighted by Gasteiger charge is -2.41. The lowest BCUT2D eigenvalue weighted by Crippen LogP contribution is -2.44. The third-order valence-corrected chi connectivity index (χ3v) is 6.15. The average molecular weight is 483 g/mol. The third-order valence-electron chi connectivity index (χ3n) is 6.15. The Balaban J connectivity index is 1.65. The molecular formula is C25H28F2N6O2. The first-order valence-electron chi connectivity index (χ1n) is 11.1. The first-order valence-corrected chi connectivity index (χ1v) is 11.1. The van der Waals surface area contributed by atoms with E-state index in [4.69, 9.17) is 15.9 Å². The minimum absolute atomic E-state index is 0.0720.